The Morgan fingerprint density at radius 3 is 2.83 bits per heavy atom. The molecule has 1 aromatic heterocycles. The molecule has 1 heterocycles. The van der Waals surface area contributed by atoms with E-state index in [1.165, 1.54) is 5.56 Å². The summed E-state index contributed by atoms with van der Waals surface area (Å²) in [6, 6.07) is 7.75. The van der Waals surface area contributed by atoms with Crippen LogP contribution in [0.25, 0.3) is 0 Å². The number of hydrogen-bond acceptors (Lipinski definition) is 3. The van der Waals surface area contributed by atoms with Crippen LogP contribution in [0.5, 0.6) is 0 Å². The molecule has 0 spiro atoms. The van der Waals surface area contributed by atoms with Crippen LogP contribution in [-0.2, 0) is 12.8 Å². The first-order valence-corrected chi connectivity index (χ1v) is 6.04. The molecule has 2 N–H and O–H groups in total. The average Bonchev–Trinajstić information content (AvgIpc) is 2.88. The van der Waals surface area contributed by atoms with Crippen LogP contribution in [0, 0.1) is 0 Å². The number of nitrogens with zero attached hydrogens (tertiary/aromatic N) is 2. The number of hydrogen-bond donors (Lipinski definition) is 2. The van der Waals surface area contributed by atoms with Gasteiger partial charge in [-0.1, -0.05) is 26.0 Å². The van der Waals surface area contributed by atoms with E-state index in [1.807, 2.05) is 31.2 Å². The summed E-state index contributed by atoms with van der Waals surface area (Å²) >= 11 is 0. The lowest BCUT2D eigenvalue weighted by Crippen LogP contribution is -2.13. The molecule has 0 aliphatic rings. The third kappa shape index (κ3) is 2.74. The highest BCUT2D eigenvalue weighted by Gasteiger charge is 2.11. The van der Waals surface area contributed by atoms with Gasteiger partial charge >= 0.3 is 0 Å². The second-order valence-corrected chi connectivity index (χ2v) is 3.97. The second-order valence-electron chi connectivity index (χ2n) is 3.97. The maximum Gasteiger partial charge on any atom is 0.295 e. The SMILES string of the molecule is CCc1cccc(NC(=O)c2n[nH]c(CC)n2)c1. The highest BCUT2D eigenvalue weighted by Crippen LogP contribution is 2.11. The highest BCUT2D eigenvalue weighted by atomic mass is 16.2. The number of amides is 1. The maximum absolute atomic E-state index is 11.9. The number of rotatable bonds is 4. The summed E-state index contributed by atoms with van der Waals surface area (Å²) in [5.41, 5.74) is 1.94. The van der Waals surface area contributed by atoms with Gasteiger partial charge in [0.15, 0.2) is 0 Å². The molecule has 0 radical (unpaired) electrons. The van der Waals surface area contributed by atoms with Crippen LogP contribution in [0.15, 0.2) is 24.3 Å². The molecular weight excluding hydrogens is 228 g/mol. The summed E-state index contributed by atoms with van der Waals surface area (Å²) in [5.74, 6) is 0.593. The van der Waals surface area contributed by atoms with Crippen molar-refractivity contribution in [3.8, 4) is 0 Å². The molecule has 2 rings (SSSR count). The van der Waals surface area contributed by atoms with Crippen molar-refractivity contribution >= 4 is 11.6 Å². The molecule has 1 aromatic carbocycles. The quantitative estimate of drug-likeness (QED) is 0.866. The molecule has 0 saturated heterocycles. The van der Waals surface area contributed by atoms with E-state index >= 15 is 0 Å². The monoisotopic (exact) mass is 244 g/mol. The second kappa shape index (κ2) is 5.44. The van der Waals surface area contributed by atoms with Crippen molar-refractivity contribution in [3.63, 3.8) is 0 Å². The van der Waals surface area contributed by atoms with Gasteiger partial charge in [-0.3, -0.25) is 9.89 Å². The number of aromatic amines is 1. The third-order valence-electron chi connectivity index (χ3n) is 2.66. The normalized spacial score (nSPS) is 10.3. The molecule has 0 aliphatic heterocycles. The minimum absolute atomic E-state index is 0.175. The predicted molar refractivity (Wildman–Crippen MR) is 69.5 cm³/mol. The van der Waals surface area contributed by atoms with E-state index in [-0.39, 0.29) is 11.7 Å². The Labute approximate surface area is 106 Å². The van der Waals surface area contributed by atoms with Gasteiger partial charge in [0.1, 0.15) is 5.82 Å². The number of nitrogens with one attached hydrogen (secondary N) is 2. The van der Waals surface area contributed by atoms with Crippen LogP contribution >= 0.6 is 0 Å². The van der Waals surface area contributed by atoms with Crippen molar-refractivity contribution in [1.82, 2.24) is 15.2 Å². The summed E-state index contributed by atoms with van der Waals surface area (Å²) in [7, 11) is 0. The van der Waals surface area contributed by atoms with Crippen LogP contribution < -0.4 is 5.32 Å². The van der Waals surface area contributed by atoms with Crippen LogP contribution in [0.4, 0.5) is 5.69 Å². The fraction of sp³-hybridized carbons (Fsp3) is 0.308. The number of benzene rings is 1. The van der Waals surface area contributed by atoms with Crippen LogP contribution in [-0.4, -0.2) is 21.1 Å². The van der Waals surface area contributed by atoms with E-state index < -0.39 is 0 Å². The zero-order valence-corrected chi connectivity index (χ0v) is 10.5. The number of aryl methyl sites for hydroxylation is 2. The van der Waals surface area contributed by atoms with Gasteiger partial charge in [0, 0.05) is 12.1 Å². The van der Waals surface area contributed by atoms with Gasteiger partial charge in [-0.05, 0) is 24.1 Å². The van der Waals surface area contributed by atoms with E-state index in [0.717, 1.165) is 18.5 Å². The lowest BCUT2D eigenvalue weighted by atomic mass is 10.1. The number of aromatic nitrogens is 3. The molecule has 94 valence electrons. The molecule has 5 nitrogen and oxygen atoms in total. The number of carbonyl (C=O) groups excluding carboxylic acids is 1. The highest BCUT2D eigenvalue weighted by molar-refractivity contribution is 6.01. The Bertz CT molecular complexity index is 547. The molecular formula is C13H16N4O. The number of H-pyrrole nitrogens is 1. The van der Waals surface area contributed by atoms with E-state index in [2.05, 4.69) is 27.4 Å². The minimum Gasteiger partial charge on any atom is -0.319 e. The van der Waals surface area contributed by atoms with Crippen molar-refractivity contribution in [2.45, 2.75) is 26.7 Å². The zero-order chi connectivity index (χ0) is 13.0. The Balaban J connectivity index is 2.10. The topological polar surface area (TPSA) is 70.7 Å². The molecule has 5 heteroatoms. The average molecular weight is 244 g/mol. The minimum atomic E-state index is -0.292. The predicted octanol–water partition coefficient (Wildman–Crippen LogP) is 2.18. The standard InChI is InChI=1S/C13H16N4O/c1-3-9-6-5-7-10(8-9)14-13(18)12-15-11(4-2)16-17-12/h5-8H,3-4H2,1-2H3,(H,14,18)(H,15,16,17). The number of carbonyl (C=O) groups is 1. The van der Waals surface area contributed by atoms with Crippen LogP contribution in [0.2, 0.25) is 0 Å². The summed E-state index contributed by atoms with van der Waals surface area (Å²) in [5, 5.41) is 9.39. The Morgan fingerprint density at radius 2 is 2.17 bits per heavy atom. The first kappa shape index (κ1) is 12.3. The molecule has 1 amide bonds. The Kier molecular flexibility index (Phi) is 3.72. The molecule has 18 heavy (non-hydrogen) atoms. The fourth-order valence-electron chi connectivity index (χ4n) is 1.61. The van der Waals surface area contributed by atoms with Gasteiger partial charge < -0.3 is 5.32 Å². The lowest BCUT2D eigenvalue weighted by Gasteiger charge is -2.04. The summed E-state index contributed by atoms with van der Waals surface area (Å²) in [6.45, 7) is 4.02. The van der Waals surface area contributed by atoms with Crippen LogP contribution in [0.3, 0.4) is 0 Å². The van der Waals surface area contributed by atoms with Gasteiger partial charge in [-0.25, -0.2) is 4.98 Å². The van der Waals surface area contributed by atoms with E-state index in [0.29, 0.717) is 5.82 Å². The van der Waals surface area contributed by atoms with Crippen molar-refractivity contribution < 1.29 is 4.79 Å². The summed E-state index contributed by atoms with van der Waals surface area (Å²) in [4.78, 5) is 16.0. The Hall–Kier alpha value is -2.17. The summed E-state index contributed by atoms with van der Waals surface area (Å²) < 4.78 is 0. The first-order valence-electron chi connectivity index (χ1n) is 6.04. The third-order valence-corrected chi connectivity index (χ3v) is 2.66. The molecule has 0 unspecified atom stereocenters. The van der Waals surface area contributed by atoms with Gasteiger partial charge in [-0.15, -0.1) is 5.10 Å². The fourth-order valence-corrected chi connectivity index (χ4v) is 1.61. The number of anilines is 1. The molecule has 0 bridgehead atoms. The van der Waals surface area contributed by atoms with Crippen molar-refractivity contribution in [2.24, 2.45) is 0 Å². The lowest BCUT2D eigenvalue weighted by molar-refractivity contribution is 0.101. The summed E-state index contributed by atoms with van der Waals surface area (Å²) in [6.07, 6.45) is 1.66. The first-order chi connectivity index (χ1) is 8.72. The zero-order valence-electron chi connectivity index (χ0n) is 10.5. The molecule has 0 fully saturated rings. The van der Waals surface area contributed by atoms with Crippen molar-refractivity contribution in [1.29, 1.82) is 0 Å². The molecule has 0 aliphatic carbocycles. The van der Waals surface area contributed by atoms with Gasteiger partial charge in [0.25, 0.3) is 5.91 Å². The maximum atomic E-state index is 11.9. The van der Waals surface area contributed by atoms with Gasteiger partial charge in [0.05, 0.1) is 0 Å². The van der Waals surface area contributed by atoms with Crippen molar-refractivity contribution in [3.05, 3.63) is 41.5 Å². The molecule has 0 atom stereocenters. The van der Waals surface area contributed by atoms with Gasteiger partial charge in [-0.2, -0.15) is 0 Å². The van der Waals surface area contributed by atoms with E-state index in [1.54, 1.807) is 0 Å². The molecule has 2 aromatic rings. The van der Waals surface area contributed by atoms with E-state index in [9.17, 15) is 4.79 Å². The van der Waals surface area contributed by atoms with Gasteiger partial charge in [0.2, 0.25) is 5.82 Å². The largest absolute Gasteiger partial charge is 0.319 e. The van der Waals surface area contributed by atoms with Crippen molar-refractivity contribution in [2.75, 3.05) is 5.32 Å². The smallest absolute Gasteiger partial charge is 0.295 e. The molecule has 0 saturated carbocycles. The Morgan fingerprint density at radius 1 is 1.33 bits per heavy atom. The van der Waals surface area contributed by atoms with E-state index in [4.69, 9.17) is 0 Å². The van der Waals surface area contributed by atoms with Crippen LogP contribution in [0.1, 0.15) is 35.9 Å².